The number of nitrogens with zero attached hydrogens (tertiary/aromatic N) is 2. The molecule has 1 atom stereocenters. The fourth-order valence-corrected chi connectivity index (χ4v) is 3.84. The zero-order valence-corrected chi connectivity index (χ0v) is 12.6. The van der Waals surface area contributed by atoms with Crippen LogP contribution in [-0.4, -0.2) is 47.9 Å². The van der Waals surface area contributed by atoms with Crippen LogP contribution in [0.15, 0.2) is 22.9 Å². The van der Waals surface area contributed by atoms with Crippen LogP contribution < -0.4 is 0 Å². The molecule has 0 saturated carbocycles. The van der Waals surface area contributed by atoms with Crippen LogP contribution in [-0.2, 0) is 4.79 Å². The van der Waals surface area contributed by atoms with E-state index in [9.17, 15) is 4.79 Å². The van der Waals surface area contributed by atoms with E-state index >= 15 is 0 Å². The molecular weight excluding hydrogens is 268 g/mol. The zero-order valence-electron chi connectivity index (χ0n) is 11.8. The molecule has 0 bridgehead atoms. The van der Waals surface area contributed by atoms with Crippen LogP contribution in [0.3, 0.4) is 0 Å². The van der Waals surface area contributed by atoms with Crippen LogP contribution in [0, 0.1) is 0 Å². The van der Waals surface area contributed by atoms with Gasteiger partial charge in [-0.3, -0.25) is 4.79 Å². The standard InChI is InChI=1S/C16H22N2OS/c19-16(6-5-14-7-11-20-13-14)18-10-3-4-15(18)12-17-8-1-2-9-17/h5-7,11,13,15H,1-4,8-10,12H2/b6-5+. The third-order valence-electron chi connectivity index (χ3n) is 4.29. The predicted octanol–water partition coefficient (Wildman–Crippen LogP) is 2.85. The predicted molar refractivity (Wildman–Crippen MR) is 83.8 cm³/mol. The lowest BCUT2D eigenvalue weighted by Crippen LogP contribution is -2.41. The number of amides is 1. The number of likely N-dealkylation sites (tertiary alicyclic amines) is 2. The van der Waals surface area contributed by atoms with Crippen molar-refractivity contribution in [2.45, 2.75) is 31.7 Å². The average Bonchev–Trinajstić information content (AvgIpc) is 3.19. The van der Waals surface area contributed by atoms with Crippen molar-refractivity contribution in [3.8, 4) is 0 Å². The summed E-state index contributed by atoms with van der Waals surface area (Å²) in [4.78, 5) is 16.9. The Morgan fingerprint density at radius 2 is 2.15 bits per heavy atom. The second-order valence-electron chi connectivity index (χ2n) is 5.73. The van der Waals surface area contributed by atoms with E-state index in [4.69, 9.17) is 0 Å². The molecular formula is C16H22N2OS. The summed E-state index contributed by atoms with van der Waals surface area (Å²) < 4.78 is 0. The van der Waals surface area contributed by atoms with Gasteiger partial charge in [0, 0.05) is 25.2 Å². The first-order valence-corrected chi connectivity index (χ1v) is 8.50. The number of carbonyl (C=O) groups is 1. The van der Waals surface area contributed by atoms with Crippen LogP contribution in [0.5, 0.6) is 0 Å². The summed E-state index contributed by atoms with van der Waals surface area (Å²) in [6.07, 6.45) is 8.62. The number of rotatable bonds is 4. The van der Waals surface area contributed by atoms with E-state index in [2.05, 4.69) is 15.2 Å². The maximum atomic E-state index is 12.3. The first-order chi connectivity index (χ1) is 9.83. The van der Waals surface area contributed by atoms with E-state index in [-0.39, 0.29) is 5.91 Å². The van der Waals surface area contributed by atoms with Gasteiger partial charge in [0.1, 0.15) is 0 Å². The smallest absolute Gasteiger partial charge is 0.246 e. The summed E-state index contributed by atoms with van der Waals surface area (Å²) in [5, 5.41) is 4.10. The molecule has 3 heterocycles. The Morgan fingerprint density at radius 3 is 2.90 bits per heavy atom. The highest BCUT2D eigenvalue weighted by atomic mass is 32.1. The minimum atomic E-state index is 0.179. The van der Waals surface area contributed by atoms with E-state index in [1.807, 2.05) is 17.5 Å². The van der Waals surface area contributed by atoms with Gasteiger partial charge in [-0.2, -0.15) is 11.3 Å². The van der Waals surface area contributed by atoms with Gasteiger partial charge in [-0.05, 0) is 67.2 Å². The second-order valence-corrected chi connectivity index (χ2v) is 6.51. The van der Waals surface area contributed by atoms with Crippen molar-refractivity contribution in [3.63, 3.8) is 0 Å². The average molecular weight is 290 g/mol. The highest BCUT2D eigenvalue weighted by Crippen LogP contribution is 2.21. The van der Waals surface area contributed by atoms with Crippen LogP contribution in [0.2, 0.25) is 0 Å². The highest BCUT2D eigenvalue weighted by Gasteiger charge is 2.29. The summed E-state index contributed by atoms with van der Waals surface area (Å²) >= 11 is 1.66. The molecule has 20 heavy (non-hydrogen) atoms. The summed E-state index contributed by atoms with van der Waals surface area (Å²) in [7, 11) is 0. The molecule has 1 unspecified atom stereocenters. The normalized spacial score (nSPS) is 24.0. The molecule has 0 spiro atoms. The first kappa shape index (κ1) is 13.8. The summed E-state index contributed by atoms with van der Waals surface area (Å²) in [6, 6.07) is 2.47. The molecule has 1 aromatic heterocycles. The summed E-state index contributed by atoms with van der Waals surface area (Å²) in [5.41, 5.74) is 1.12. The number of carbonyl (C=O) groups excluding carboxylic acids is 1. The lowest BCUT2D eigenvalue weighted by Gasteiger charge is -2.27. The highest BCUT2D eigenvalue weighted by molar-refractivity contribution is 7.08. The molecule has 3 nitrogen and oxygen atoms in total. The lowest BCUT2D eigenvalue weighted by atomic mass is 10.2. The SMILES string of the molecule is O=C(/C=C/c1ccsc1)N1CCCC1CN1CCCC1. The lowest BCUT2D eigenvalue weighted by molar-refractivity contribution is -0.127. The Morgan fingerprint density at radius 1 is 1.30 bits per heavy atom. The minimum absolute atomic E-state index is 0.179. The van der Waals surface area contributed by atoms with Gasteiger partial charge in [-0.1, -0.05) is 0 Å². The Bertz CT molecular complexity index is 463. The maximum Gasteiger partial charge on any atom is 0.246 e. The van der Waals surface area contributed by atoms with Crippen molar-refractivity contribution < 1.29 is 4.79 Å². The van der Waals surface area contributed by atoms with Gasteiger partial charge in [-0.25, -0.2) is 0 Å². The van der Waals surface area contributed by atoms with Crippen molar-refractivity contribution in [2.75, 3.05) is 26.2 Å². The van der Waals surface area contributed by atoms with Crippen molar-refractivity contribution >= 4 is 23.3 Å². The molecule has 2 aliphatic heterocycles. The molecule has 3 rings (SSSR count). The van der Waals surface area contributed by atoms with Crippen molar-refractivity contribution in [1.82, 2.24) is 9.80 Å². The molecule has 0 radical (unpaired) electrons. The Kier molecular flexibility index (Phi) is 4.53. The van der Waals surface area contributed by atoms with Gasteiger partial charge in [0.2, 0.25) is 5.91 Å². The molecule has 1 amide bonds. The van der Waals surface area contributed by atoms with Crippen molar-refractivity contribution in [2.24, 2.45) is 0 Å². The molecule has 0 aliphatic carbocycles. The molecule has 0 N–H and O–H groups in total. The maximum absolute atomic E-state index is 12.3. The second kappa shape index (κ2) is 6.55. The van der Waals surface area contributed by atoms with E-state index < -0.39 is 0 Å². The van der Waals surface area contributed by atoms with E-state index in [0.29, 0.717) is 6.04 Å². The minimum Gasteiger partial charge on any atom is -0.335 e. The number of thiophene rings is 1. The summed E-state index contributed by atoms with van der Waals surface area (Å²) in [6.45, 7) is 4.41. The molecule has 2 fully saturated rings. The molecule has 0 aromatic carbocycles. The van der Waals surface area contributed by atoms with Crippen LogP contribution in [0.4, 0.5) is 0 Å². The van der Waals surface area contributed by atoms with Crippen molar-refractivity contribution in [1.29, 1.82) is 0 Å². The van der Waals surface area contributed by atoms with E-state index in [0.717, 1.165) is 31.5 Å². The third kappa shape index (κ3) is 3.30. The van der Waals surface area contributed by atoms with Crippen LogP contribution in [0.1, 0.15) is 31.2 Å². The first-order valence-electron chi connectivity index (χ1n) is 7.56. The third-order valence-corrected chi connectivity index (χ3v) is 4.99. The number of hydrogen-bond donors (Lipinski definition) is 0. The Hall–Kier alpha value is -1.13. The van der Waals surface area contributed by atoms with Crippen LogP contribution in [0.25, 0.3) is 6.08 Å². The Balaban J connectivity index is 1.58. The monoisotopic (exact) mass is 290 g/mol. The summed E-state index contributed by atoms with van der Waals surface area (Å²) in [5.74, 6) is 0.179. The van der Waals surface area contributed by atoms with Gasteiger partial charge in [0.15, 0.2) is 0 Å². The zero-order chi connectivity index (χ0) is 13.8. The van der Waals surface area contributed by atoms with Crippen LogP contribution >= 0.6 is 11.3 Å². The molecule has 1 aromatic rings. The van der Waals surface area contributed by atoms with Gasteiger partial charge >= 0.3 is 0 Å². The van der Waals surface area contributed by atoms with E-state index in [1.54, 1.807) is 17.4 Å². The molecule has 108 valence electrons. The fraction of sp³-hybridized carbons (Fsp3) is 0.562. The van der Waals surface area contributed by atoms with Gasteiger partial charge in [0.05, 0.1) is 0 Å². The van der Waals surface area contributed by atoms with Gasteiger partial charge in [0.25, 0.3) is 0 Å². The van der Waals surface area contributed by atoms with Gasteiger partial charge < -0.3 is 9.80 Å². The van der Waals surface area contributed by atoms with Crippen molar-refractivity contribution in [3.05, 3.63) is 28.5 Å². The van der Waals surface area contributed by atoms with Gasteiger partial charge in [-0.15, -0.1) is 0 Å². The molecule has 2 saturated heterocycles. The number of hydrogen-bond acceptors (Lipinski definition) is 3. The largest absolute Gasteiger partial charge is 0.335 e. The molecule has 4 heteroatoms. The fourth-order valence-electron chi connectivity index (χ4n) is 3.21. The quantitative estimate of drug-likeness (QED) is 0.796. The Labute approximate surface area is 124 Å². The molecule has 2 aliphatic rings. The topological polar surface area (TPSA) is 23.6 Å². The van der Waals surface area contributed by atoms with E-state index in [1.165, 1.54) is 25.9 Å².